The number of methoxy groups -OCH3 is 1. The smallest absolute Gasteiger partial charge is 0.238 e. The normalized spacial score (nSPS) is 9.73. The molecule has 11 heavy (non-hydrogen) atoms. The van der Waals surface area contributed by atoms with E-state index in [4.69, 9.17) is 9.84 Å². The molecule has 0 aromatic carbocycles. The molecule has 1 aromatic heterocycles. The lowest BCUT2D eigenvalue weighted by molar-refractivity contribution is 0.265. The van der Waals surface area contributed by atoms with Crippen molar-refractivity contribution >= 4 is 15.9 Å². The Kier molecular flexibility index (Phi) is 2.78. The van der Waals surface area contributed by atoms with Crippen molar-refractivity contribution in [2.24, 2.45) is 0 Å². The number of rotatable bonds is 2. The van der Waals surface area contributed by atoms with Gasteiger partial charge in [0.1, 0.15) is 10.3 Å². The summed E-state index contributed by atoms with van der Waals surface area (Å²) in [4.78, 5) is 7.82. The van der Waals surface area contributed by atoms with Crippen LogP contribution in [0.2, 0.25) is 0 Å². The van der Waals surface area contributed by atoms with Gasteiger partial charge in [-0.1, -0.05) is 0 Å². The van der Waals surface area contributed by atoms with Crippen LogP contribution in [0, 0.1) is 0 Å². The molecule has 0 aliphatic carbocycles. The summed E-state index contributed by atoms with van der Waals surface area (Å²) in [7, 11) is 1.48. The van der Waals surface area contributed by atoms with E-state index >= 15 is 0 Å². The Balaban J connectivity index is 3.06. The SMILES string of the molecule is COc1nc(Br)cnc1CO. The van der Waals surface area contributed by atoms with Gasteiger partial charge in [0.25, 0.3) is 0 Å². The van der Waals surface area contributed by atoms with E-state index in [1.54, 1.807) is 0 Å². The lowest BCUT2D eigenvalue weighted by atomic mass is 10.4. The summed E-state index contributed by atoms with van der Waals surface area (Å²) in [6.45, 7) is -0.163. The van der Waals surface area contributed by atoms with Crippen LogP contribution in [0.1, 0.15) is 5.69 Å². The molecular formula is C6H7BrN2O2. The zero-order chi connectivity index (χ0) is 8.27. The first-order chi connectivity index (χ1) is 5.27. The summed E-state index contributed by atoms with van der Waals surface area (Å²) in [5, 5.41) is 8.74. The molecular weight excluding hydrogens is 212 g/mol. The summed E-state index contributed by atoms with van der Waals surface area (Å²) in [6, 6.07) is 0. The predicted octanol–water partition coefficient (Wildman–Crippen LogP) is 0.740. The molecule has 1 N–H and O–H groups in total. The second kappa shape index (κ2) is 3.64. The number of aliphatic hydroxyl groups excluding tert-OH is 1. The van der Waals surface area contributed by atoms with Gasteiger partial charge in [0.15, 0.2) is 0 Å². The van der Waals surface area contributed by atoms with E-state index in [2.05, 4.69) is 25.9 Å². The van der Waals surface area contributed by atoms with Crippen molar-refractivity contribution < 1.29 is 9.84 Å². The maximum absolute atomic E-state index is 8.74. The maximum atomic E-state index is 8.74. The summed E-state index contributed by atoms with van der Waals surface area (Å²) >= 11 is 3.13. The molecule has 0 aliphatic heterocycles. The Hall–Kier alpha value is -0.680. The van der Waals surface area contributed by atoms with Gasteiger partial charge in [-0.3, -0.25) is 4.98 Å². The molecule has 0 fully saturated rings. The molecule has 5 heteroatoms. The van der Waals surface area contributed by atoms with E-state index < -0.39 is 0 Å². The minimum absolute atomic E-state index is 0.163. The molecule has 0 saturated carbocycles. The molecule has 4 nitrogen and oxygen atoms in total. The monoisotopic (exact) mass is 218 g/mol. The average molecular weight is 219 g/mol. The quantitative estimate of drug-likeness (QED) is 0.796. The highest BCUT2D eigenvalue weighted by Gasteiger charge is 2.04. The standard InChI is InChI=1S/C6H7BrN2O2/c1-11-6-4(3-10)8-2-5(7)9-6/h2,10H,3H2,1H3. The minimum atomic E-state index is -0.163. The maximum Gasteiger partial charge on any atom is 0.238 e. The van der Waals surface area contributed by atoms with E-state index in [1.165, 1.54) is 13.3 Å². The van der Waals surface area contributed by atoms with Crippen molar-refractivity contribution in [3.8, 4) is 5.88 Å². The number of aromatic nitrogens is 2. The van der Waals surface area contributed by atoms with Gasteiger partial charge in [0.2, 0.25) is 5.88 Å². The molecule has 1 rings (SSSR count). The molecule has 0 bridgehead atoms. The fourth-order valence-corrected chi connectivity index (χ4v) is 0.912. The van der Waals surface area contributed by atoms with Crippen molar-refractivity contribution in [3.05, 3.63) is 16.5 Å². The number of hydrogen-bond donors (Lipinski definition) is 1. The summed E-state index contributed by atoms with van der Waals surface area (Å²) in [5.41, 5.74) is 0.440. The number of hydrogen-bond acceptors (Lipinski definition) is 4. The molecule has 0 radical (unpaired) electrons. The highest BCUT2D eigenvalue weighted by Crippen LogP contribution is 2.15. The number of nitrogens with zero attached hydrogens (tertiary/aromatic N) is 2. The van der Waals surface area contributed by atoms with Crippen LogP contribution in [0.4, 0.5) is 0 Å². The molecule has 1 aromatic rings. The highest BCUT2D eigenvalue weighted by atomic mass is 79.9. The second-order valence-corrected chi connectivity index (χ2v) is 2.62. The van der Waals surface area contributed by atoms with Gasteiger partial charge >= 0.3 is 0 Å². The van der Waals surface area contributed by atoms with Crippen molar-refractivity contribution in [2.45, 2.75) is 6.61 Å². The van der Waals surface area contributed by atoms with Crippen LogP contribution in [-0.4, -0.2) is 22.2 Å². The molecule has 0 saturated heterocycles. The number of aliphatic hydroxyl groups is 1. The Morgan fingerprint density at radius 3 is 3.00 bits per heavy atom. The van der Waals surface area contributed by atoms with E-state index in [-0.39, 0.29) is 6.61 Å². The molecule has 0 unspecified atom stereocenters. The average Bonchev–Trinajstić information content (AvgIpc) is 2.04. The van der Waals surface area contributed by atoms with Crippen LogP contribution in [0.25, 0.3) is 0 Å². The molecule has 0 aliphatic rings. The van der Waals surface area contributed by atoms with Crippen molar-refractivity contribution in [1.82, 2.24) is 9.97 Å². The van der Waals surface area contributed by atoms with Gasteiger partial charge < -0.3 is 9.84 Å². The first kappa shape index (κ1) is 8.42. The molecule has 0 spiro atoms. The van der Waals surface area contributed by atoms with Crippen LogP contribution >= 0.6 is 15.9 Å². The number of ether oxygens (including phenoxy) is 1. The van der Waals surface area contributed by atoms with E-state index in [0.717, 1.165) is 0 Å². The van der Waals surface area contributed by atoms with Crippen LogP contribution in [-0.2, 0) is 6.61 Å². The Bertz CT molecular complexity index is 254. The third kappa shape index (κ3) is 1.87. The second-order valence-electron chi connectivity index (χ2n) is 1.81. The molecule has 60 valence electrons. The van der Waals surface area contributed by atoms with Crippen LogP contribution in [0.15, 0.2) is 10.8 Å². The lowest BCUT2D eigenvalue weighted by Gasteiger charge is -2.02. The van der Waals surface area contributed by atoms with Gasteiger partial charge in [-0.15, -0.1) is 0 Å². The summed E-state index contributed by atoms with van der Waals surface area (Å²) < 4.78 is 5.44. The van der Waals surface area contributed by atoms with Gasteiger partial charge in [-0.25, -0.2) is 4.98 Å². The lowest BCUT2D eigenvalue weighted by Crippen LogP contribution is -1.98. The topological polar surface area (TPSA) is 55.2 Å². The van der Waals surface area contributed by atoms with Gasteiger partial charge in [-0.05, 0) is 15.9 Å². The van der Waals surface area contributed by atoms with Gasteiger partial charge in [0, 0.05) is 0 Å². The zero-order valence-corrected chi connectivity index (χ0v) is 7.50. The van der Waals surface area contributed by atoms with E-state index in [1.807, 2.05) is 0 Å². The Morgan fingerprint density at radius 1 is 1.73 bits per heavy atom. The third-order valence-electron chi connectivity index (χ3n) is 1.13. The van der Waals surface area contributed by atoms with Crippen molar-refractivity contribution in [1.29, 1.82) is 0 Å². The largest absolute Gasteiger partial charge is 0.480 e. The third-order valence-corrected chi connectivity index (χ3v) is 1.51. The van der Waals surface area contributed by atoms with Gasteiger partial charge in [-0.2, -0.15) is 0 Å². The highest BCUT2D eigenvalue weighted by molar-refractivity contribution is 9.10. The zero-order valence-electron chi connectivity index (χ0n) is 5.91. The summed E-state index contributed by atoms with van der Waals surface area (Å²) in [6.07, 6.45) is 1.51. The number of halogens is 1. The predicted molar refractivity (Wildman–Crippen MR) is 42.2 cm³/mol. The van der Waals surface area contributed by atoms with E-state index in [0.29, 0.717) is 16.2 Å². The first-order valence-corrected chi connectivity index (χ1v) is 3.73. The molecule has 0 atom stereocenters. The minimum Gasteiger partial charge on any atom is -0.480 e. The van der Waals surface area contributed by atoms with Crippen LogP contribution in [0.5, 0.6) is 5.88 Å². The van der Waals surface area contributed by atoms with E-state index in [9.17, 15) is 0 Å². The Labute approximate surface area is 72.4 Å². The van der Waals surface area contributed by atoms with Gasteiger partial charge in [0.05, 0.1) is 19.9 Å². The van der Waals surface area contributed by atoms with Crippen molar-refractivity contribution in [3.63, 3.8) is 0 Å². The van der Waals surface area contributed by atoms with Crippen LogP contribution < -0.4 is 4.74 Å². The fraction of sp³-hybridized carbons (Fsp3) is 0.333. The van der Waals surface area contributed by atoms with Crippen molar-refractivity contribution in [2.75, 3.05) is 7.11 Å². The fourth-order valence-electron chi connectivity index (χ4n) is 0.649. The molecule has 1 heterocycles. The summed E-state index contributed by atoms with van der Waals surface area (Å²) in [5.74, 6) is 0.349. The Morgan fingerprint density at radius 2 is 2.45 bits per heavy atom. The molecule has 0 amide bonds. The van der Waals surface area contributed by atoms with Crippen LogP contribution in [0.3, 0.4) is 0 Å². The first-order valence-electron chi connectivity index (χ1n) is 2.94.